The minimum atomic E-state index is -3.66. The summed E-state index contributed by atoms with van der Waals surface area (Å²) in [7, 11) is -3.66. The molecule has 0 saturated heterocycles. The first kappa shape index (κ1) is 22.0. The molecule has 0 fully saturated rings. The molecule has 0 radical (unpaired) electrons. The molecule has 1 atom stereocenters. The van der Waals surface area contributed by atoms with Gasteiger partial charge in [0.05, 0.1) is 11.6 Å². The molecule has 32 heavy (non-hydrogen) atoms. The second kappa shape index (κ2) is 9.54. The Morgan fingerprint density at radius 2 is 1.81 bits per heavy atom. The summed E-state index contributed by atoms with van der Waals surface area (Å²) in [5.41, 5.74) is 2.89. The zero-order chi connectivity index (χ0) is 22.6. The molecule has 9 heteroatoms. The van der Waals surface area contributed by atoms with Crippen molar-refractivity contribution in [2.45, 2.75) is 29.5 Å². The number of nitrogens with one attached hydrogen (secondary N) is 2. The van der Waals surface area contributed by atoms with Gasteiger partial charge >= 0.3 is 5.97 Å². The van der Waals surface area contributed by atoms with Crippen LogP contribution in [0.5, 0.6) is 0 Å². The van der Waals surface area contributed by atoms with Gasteiger partial charge in [-0.05, 0) is 66.1 Å². The summed E-state index contributed by atoms with van der Waals surface area (Å²) in [6.45, 7) is -0.385. The highest BCUT2D eigenvalue weighted by molar-refractivity contribution is 7.94. The van der Waals surface area contributed by atoms with Crippen molar-refractivity contribution in [2.75, 3.05) is 11.3 Å². The van der Waals surface area contributed by atoms with Gasteiger partial charge in [0.15, 0.2) is 6.61 Å². The van der Waals surface area contributed by atoms with Crippen molar-refractivity contribution in [1.82, 2.24) is 5.32 Å². The van der Waals surface area contributed by atoms with Crippen molar-refractivity contribution < 1.29 is 22.7 Å². The van der Waals surface area contributed by atoms with Gasteiger partial charge in [0.1, 0.15) is 4.21 Å². The number of rotatable bonds is 7. The summed E-state index contributed by atoms with van der Waals surface area (Å²) in [5, 5.41) is 4.62. The summed E-state index contributed by atoms with van der Waals surface area (Å²) in [4.78, 5) is 24.6. The highest BCUT2D eigenvalue weighted by Gasteiger charge is 2.22. The minimum Gasteiger partial charge on any atom is -0.452 e. The molecule has 4 rings (SSSR count). The zero-order valence-electron chi connectivity index (χ0n) is 17.1. The first-order chi connectivity index (χ1) is 15.4. The van der Waals surface area contributed by atoms with Crippen LogP contribution in [0.15, 0.2) is 70.3 Å². The second-order valence-corrected chi connectivity index (χ2v) is 10.3. The summed E-state index contributed by atoms with van der Waals surface area (Å²) in [6.07, 6.45) is 2.83. The molecule has 7 nitrogen and oxygen atoms in total. The van der Waals surface area contributed by atoms with E-state index in [-0.39, 0.29) is 28.3 Å². The Labute approximate surface area is 190 Å². The normalized spacial score (nSPS) is 15.4. The van der Waals surface area contributed by atoms with Crippen molar-refractivity contribution in [2.24, 2.45) is 0 Å². The summed E-state index contributed by atoms with van der Waals surface area (Å²) < 4.78 is 32.3. The molecule has 0 saturated carbocycles. The molecule has 0 aliphatic heterocycles. The number of benzene rings is 2. The average Bonchev–Trinajstić information content (AvgIpc) is 3.34. The summed E-state index contributed by atoms with van der Waals surface area (Å²) >= 11 is 1.11. The van der Waals surface area contributed by atoms with Crippen molar-refractivity contribution in [3.05, 3.63) is 82.7 Å². The number of hydrogen-bond acceptors (Lipinski definition) is 6. The minimum absolute atomic E-state index is 0.0817. The Hall–Kier alpha value is -3.17. The molecule has 1 amide bonds. The standard InChI is InChI=1S/C23H22N2O5S2/c26-21(24-20-8-3-6-16-5-1-2-7-19(16)20)15-30-23(27)17-10-12-18(13-11-17)25-32(28,29)22-9-4-14-31-22/h1-2,4-5,7,9-14,20,25H,3,6,8,15H2,(H,24,26). The molecule has 1 aliphatic rings. The third-order valence-electron chi connectivity index (χ3n) is 5.17. The number of sulfonamides is 1. The van der Waals surface area contributed by atoms with Crippen molar-refractivity contribution in [1.29, 1.82) is 0 Å². The highest BCUT2D eigenvalue weighted by atomic mass is 32.2. The Kier molecular flexibility index (Phi) is 6.57. The lowest BCUT2D eigenvalue weighted by Gasteiger charge is -2.26. The lowest BCUT2D eigenvalue weighted by Crippen LogP contribution is -2.34. The van der Waals surface area contributed by atoms with E-state index in [4.69, 9.17) is 4.74 Å². The third-order valence-corrected chi connectivity index (χ3v) is 7.95. The highest BCUT2D eigenvalue weighted by Crippen LogP contribution is 2.29. The largest absolute Gasteiger partial charge is 0.452 e. The molecular weight excluding hydrogens is 448 g/mol. The Balaban J connectivity index is 1.30. The molecular formula is C23H22N2O5S2. The smallest absolute Gasteiger partial charge is 0.338 e. The number of fused-ring (bicyclic) bond motifs is 1. The Morgan fingerprint density at radius 3 is 2.56 bits per heavy atom. The molecule has 1 aromatic heterocycles. The van der Waals surface area contributed by atoms with Gasteiger partial charge in [-0.1, -0.05) is 30.3 Å². The quantitative estimate of drug-likeness (QED) is 0.510. The van der Waals surface area contributed by atoms with E-state index in [0.717, 1.165) is 36.2 Å². The number of anilines is 1. The fourth-order valence-electron chi connectivity index (χ4n) is 3.65. The van der Waals surface area contributed by atoms with E-state index < -0.39 is 16.0 Å². The third kappa shape index (κ3) is 5.17. The van der Waals surface area contributed by atoms with Crippen molar-refractivity contribution >= 4 is 38.9 Å². The summed E-state index contributed by atoms with van der Waals surface area (Å²) in [6, 6.07) is 16.9. The van der Waals surface area contributed by atoms with Crippen LogP contribution in [0.2, 0.25) is 0 Å². The maximum Gasteiger partial charge on any atom is 0.338 e. The van der Waals surface area contributed by atoms with E-state index in [9.17, 15) is 18.0 Å². The number of esters is 1. The van der Waals surface area contributed by atoms with E-state index in [1.165, 1.54) is 35.9 Å². The van der Waals surface area contributed by atoms with Crippen LogP contribution in [-0.4, -0.2) is 26.9 Å². The van der Waals surface area contributed by atoms with Crippen molar-refractivity contribution in [3.8, 4) is 0 Å². The SMILES string of the molecule is O=C(COC(=O)c1ccc(NS(=O)(=O)c2cccs2)cc1)NC1CCCc2ccccc21. The fourth-order valence-corrected chi connectivity index (χ4v) is 5.70. The molecule has 166 valence electrons. The lowest BCUT2D eigenvalue weighted by molar-refractivity contribution is -0.125. The number of carbonyl (C=O) groups is 2. The Bertz CT molecular complexity index is 1210. The monoisotopic (exact) mass is 470 g/mol. The Morgan fingerprint density at radius 1 is 1.03 bits per heavy atom. The maximum atomic E-state index is 12.3. The van der Waals surface area contributed by atoms with E-state index in [1.54, 1.807) is 11.4 Å². The first-order valence-corrected chi connectivity index (χ1v) is 12.5. The maximum absolute atomic E-state index is 12.3. The predicted octanol–water partition coefficient (Wildman–Crippen LogP) is 3.90. The van der Waals surface area contributed by atoms with Crippen LogP contribution in [0, 0.1) is 0 Å². The van der Waals surface area contributed by atoms with Gasteiger partial charge in [0.25, 0.3) is 15.9 Å². The molecule has 0 bridgehead atoms. The molecule has 1 unspecified atom stereocenters. The van der Waals surface area contributed by atoms with Gasteiger partial charge in [0.2, 0.25) is 0 Å². The van der Waals surface area contributed by atoms with Gasteiger partial charge in [-0.2, -0.15) is 0 Å². The van der Waals surface area contributed by atoms with Gasteiger partial charge in [-0.25, -0.2) is 13.2 Å². The number of thiophene rings is 1. The first-order valence-electron chi connectivity index (χ1n) is 10.1. The number of amides is 1. The number of hydrogen-bond donors (Lipinski definition) is 2. The van der Waals surface area contributed by atoms with Crippen LogP contribution < -0.4 is 10.0 Å². The number of aryl methyl sites for hydroxylation is 1. The fraction of sp³-hybridized carbons (Fsp3) is 0.217. The topological polar surface area (TPSA) is 102 Å². The lowest BCUT2D eigenvalue weighted by atomic mass is 9.88. The van der Waals surface area contributed by atoms with Gasteiger partial charge in [-0.3, -0.25) is 9.52 Å². The van der Waals surface area contributed by atoms with Crippen LogP contribution in [-0.2, 0) is 26.0 Å². The van der Waals surface area contributed by atoms with Crippen LogP contribution in [0.4, 0.5) is 5.69 Å². The number of carbonyl (C=O) groups excluding carboxylic acids is 2. The molecule has 3 aromatic rings. The second-order valence-electron chi connectivity index (χ2n) is 7.40. The number of ether oxygens (including phenoxy) is 1. The van der Waals surface area contributed by atoms with Crippen LogP contribution >= 0.6 is 11.3 Å². The van der Waals surface area contributed by atoms with Gasteiger partial charge in [0, 0.05) is 5.69 Å². The van der Waals surface area contributed by atoms with E-state index in [0.29, 0.717) is 5.69 Å². The van der Waals surface area contributed by atoms with Crippen LogP contribution in [0.1, 0.15) is 40.4 Å². The predicted molar refractivity (Wildman–Crippen MR) is 122 cm³/mol. The van der Waals surface area contributed by atoms with Crippen LogP contribution in [0.25, 0.3) is 0 Å². The zero-order valence-corrected chi connectivity index (χ0v) is 18.7. The molecule has 2 aromatic carbocycles. The van der Waals surface area contributed by atoms with Gasteiger partial charge in [-0.15, -0.1) is 11.3 Å². The molecule has 1 heterocycles. The summed E-state index contributed by atoms with van der Waals surface area (Å²) in [5.74, 6) is -1.02. The van der Waals surface area contributed by atoms with E-state index in [1.807, 2.05) is 18.2 Å². The average molecular weight is 471 g/mol. The molecule has 1 aliphatic carbocycles. The van der Waals surface area contributed by atoms with Crippen molar-refractivity contribution in [3.63, 3.8) is 0 Å². The molecule has 2 N–H and O–H groups in total. The van der Waals surface area contributed by atoms with Crippen LogP contribution in [0.3, 0.4) is 0 Å². The molecule has 0 spiro atoms. The van der Waals surface area contributed by atoms with Gasteiger partial charge < -0.3 is 10.1 Å². The van der Waals surface area contributed by atoms with E-state index in [2.05, 4.69) is 16.1 Å². The van der Waals surface area contributed by atoms with E-state index >= 15 is 0 Å².